The van der Waals surface area contributed by atoms with Crippen LogP contribution in [0.4, 0.5) is 0 Å². The first kappa shape index (κ1) is 17.3. The molecule has 8 heteroatoms. The second-order valence-electron chi connectivity index (χ2n) is 4.18. The number of hydrogen-bond acceptors (Lipinski definition) is 6. The van der Waals surface area contributed by atoms with E-state index >= 15 is 0 Å². The third-order valence-electron chi connectivity index (χ3n) is 2.80. The number of benzene rings is 1. The Balaban J connectivity index is 3.31. The van der Waals surface area contributed by atoms with Crippen LogP contribution in [0.5, 0.6) is 11.5 Å². The number of methoxy groups -OCH3 is 3. The van der Waals surface area contributed by atoms with Crippen LogP contribution in [0.2, 0.25) is 0 Å². The van der Waals surface area contributed by atoms with Crippen LogP contribution in [-0.2, 0) is 14.6 Å². The molecule has 0 unspecified atom stereocenters. The van der Waals surface area contributed by atoms with Crippen LogP contribution in [-0.4, -0.2) is 53.2 Å². The lowest BCUT2D eigenvalue weighted by Crippen LogP contribution is -2.11. The summed E-state index contributed by atoms with van der Waals surface area (Å²) in [6.07, 6.45) is 0.315. The van der Waals surface area contributed by atoms with Gasteiger partial charge in [0.1, 0.15) is 5.56 Å². The number of aromatic carboxylic acids is 1. The highest BCUT2D eigenvalue weighted by Crippen LogP contribution is 2.34. The molecule has 0 heterocycles. The minimum absolute atomic E-state index is 0.0131. The third kappa shape index (κ3) is 4.08. The quantitative estimate of drug-likeness (QED) is 0.719. The van der Waals surface area contributed by atoms with Gasteiger partial charge in [0.25, 0.3) is 0 Å². The van der Waals surface area contributed by atoms with Gasteiger partial charge in [-0.05, 0) is 12.5 Å². The van der Waals surface area contributed by atoms with Crippen LogP contribution >= 0.6 is 0 Å². The number of sulfone groups is 1. The molecule has 0 bridgehead atoms. The Kier molecular flexibility index (Phi) is 5.98. The summed E-state index contributed by atoms with van der Waals surface area (Å²) in [5.41, 5.74) is -0.262. The Labute approximate surface area is 123 Å². The molecule has 0 amide bonds. The summed E-state index contributed by atoms with van der Waals surface area (Å²) >= 11 is 0. The van der Waals surface area contributed by atoms with Gasteiger partial charge in [-0.3, -0.25) is 0 Å². The predicted octanol–water partition coefficient (Wildman–Crippen LogP) is 1.21. The van der Waals surface area contributed by atoms with Crippen molar-refractivity contribution in [3.05, 3.63) is 17.7 Å². The van der Waals surface area contributed by atoms with E-state index in [1.54, 1.807) is 0 Å². The highest BCUT2D eigenvalue weighted by molar-refractivity contribution is 7.91. The molecule has 0 aromatic heterocycles. The number of ether oxygens (including phenoxy) is 3. The zero-order valence-corrected chi connectivity index (χ0v) is 12.9. The number of carbonyl (C=O) groups is 1. The molecule has 0 saturated carbocycles. The maximum atomic E-state index is 12.2. The molecule has 0 aliphatic carbocycles. The molecule has 7 nitrogen and oxygen atoms in total. The van der Waals surface area contributed by atoms with Gasteiger partial charge in [0.2, 0.25) is 0 Å². The second-order valence-corrected chi connectivity index (χ2v) is 6.29. The third-order valence-corrected chi connectivity index (χ3v) is 4.58. The summed E-state index contributed by atoms with van der Waals surface area (Å²) in [5, 5.41) is 9.17. The van der Waals surface area contributed by atoms with E-state index in [4.69, 9.17) is 14.2 Å². The average molecular weight is 318 g/mol. The minimum atomic E-state index is -3.63. The first-order valence-electron chi connectivity index (χ1n) is 6.08. The molecule has 0 aliphatic rings. The van der Waals surface area contributed by atoms with Crippen molar-refractivity contribution in [2.75, 3.05) is 33.7 Å². The van der Waals surface area contributed by atoms with Crippen LogP contribution in [0, 0.1) is 0 Å². The van der Waals surface area contributed by atoms with Gasteiger partial charge < -0.3 is 19.3 Å². The zero-order chi connectivity index (χ0) is 16.0. The Morgan fingerprint density at radius 1 is 1.19 bits per heavy atom. The van der Waals surface area contributed by atoms with Crippen molar-refractivity contribution in [2.24, 2.45) is 0 Å². The number of rotatable bonds is 8. The zero-order valence-electron chi connectivity index (χ0n) is 12.1. The topological polar surface area (TPSA) is 99.1 Å². The molecule has 0 radical (unpaired) electrons. The molecule has 0 spiro atoms. The van der Waals surface area contributed by atoms with Gasteiger partial charge in [-0.15, -0.1) is 0 Å². The fourth-order valence-electron chi connectivity index (χ4n) is 1.79. The molecular weight excluding hydrogens is 300 g/mol. The minimum Gasteiger partial charge on any atom is -0.493 e. The van der Waals surface area contributed by atoms with Crippen LogP contribution in [0.1, 0.15) is 16.8 Å². The van der Waals surface area contributed by atoms with Gasteiger partial charge in [-0.25, -0.2) is 13.2 Å². The van der Waals surface area contributed by atoms with E-state index in [0.29, 0.717) is 13.0 Å². The van der Waals surface area contributed by atoms with Crippen LogP contribution in [0.25, 0.3) is 0 Å². The van der Waals surface area contributed by atoms with Gasteiger partial charge >= 0.3 is 5.97 Å². The molecule has 1 aromatic carbocycles. The van der Waals surface area contributed by atoms with Crippen molar-refractivity contribution in [3.8, 4) is 11.5 Å². The Hall–Kier alpha value is -1.80. The largest absolute Gasteiger partial charge is 0.493 e. The fourth-order valence-corrected chi connectivity index (χ4v) is 3.11. The van der Waals surface area contributed by atoms with Crippen molar-refractivity contribution in [1.82, 2.24) is 0 Å². The summed E-state index contributed by atoms with van der Waals surface area (Å²) in [6.45, 7) is 0.304. The number of carboxylic acid groups (broad SMARTS) is 1. The summed E-state index contributed by atoms with van der Waals surface area (Å²) in [7, 11) is 0.452. The highest BCUT2D eigenvalue weighted by atomic mass is 32.2. The molecule has 1 aromatic rings. The van der Waals surface area contributed by atoms with E-state index in [0.717, 1.165) is 6.07 Å². The molecular formula is C13H18O7S. The predicted molar refractivity (Wildman–Crippen MR) is 75.1 cm³/mol. The monoisotopic (exact) mass is 318 g/mol. The highest BCUT2D eigenvalue weighted by Gasteiger charge is 2.23. The van der Waals surface area contributed by atoms with E-state index in [1.807, 2.05) is 0 Å². The second kappa shape index (κ2) is 7.28. The SMILES string of the molecule is COCCCS(=O)(=O)c1cc(OC)c(OC)c(C(=O)O)c1. The number of carboxylic acids is 1. The summed E-state index contributed by atoms with van der Waals surface area (Å²) in [4.78, 5) is 11.1. The van der Waals surface area contributed by atoms with E-state index in [-0.39, 0.29) is 27.7 Å². The standard InChI is InChI=1S/C13H18O7S/c1-18-5-4-6-21(16,17)9-7-10(13(14)15)12(20-3)11(8-9)19-2/h7-8H,4-6H2,1-3H3,(H,14,15). The molecule has 118 valence electrons. The molecule has 0 aliphatic heterocycles. The van der Waals surface area contributed by atoms with Gasteiger partial charge in [0.15, 0.2) is 21.3 Å². The lowest BCUT2D eigenvalue weighted by molar-refractivity contribution is 0.0692. The molecule has 21 heavy (non-hydrogen) atoms. The lowest BCUT2D eigenvalue weighted by atomic mass is 10.2. The van der Waals surface area contributed by atoms with Gasteiger partial charge in [-0.2, -0.15) is 0 Å². The van der Waals surface area contributed by atoms with Crippen LogP contribution < -0.4 is 9.47 Å². The van der Waals surface area contributed by atoms with Gasteiger partial charge in [0, 0.05) is 19.8 Å². The maximum Gasteiger partial charge on any atom is 0.339 e. The maximum absolute atomic E-state index is 12.2. The smallest absolute Gasteiger partial charge is 0.339 e. The Bertz CT molecular complexity index is 607. The van der Waals surface area contributed by atoms with Crippen LogP contribution in [0.15, 0.2) is 17.0 Å². The summed E-state index contributed by atoms with van der Waals surface area (Å²) < 4.78 is 39.2. The van der Waals surface area contributed by atoms with Crippen molar-refractivity contribution >= 4 is 15.8 Å². The normalized spacial score (nSPS) is 11.2. The average Bonchev–Trinajstić information content (AvgIpc) is 2.45. The van der Waals surface area contributed by atoms with Gasteiger partial charge in [0.05, 0.1) is 24.9 Å². The Morgan fingerprint density at radius 3 is 2.33 bits per heavy atom. The lowest BCUT2D eigenvalue weighted by Gasteiger charge is -2.13. The molecule has 0 fully saturated rings. The molecule has 0 saturated heterocycles. The molecule has 1 rings (SSSR count). The van der Waals surface area contributed by atoms with E-state index in [2.05, 4.69) is 0 Å². The fraction of sp³-hybridized carbons (Fsp3) is 0.462. The van der Waals surface area contributed by atoms with E-state index < -0.39 is 15.8 Å². The molecule has 1 N–H and O–H groups in total. The molecule has 0 atom stereocenters. The number of hydrogen-bond donors (Lipinski definition) is 1. The summed E-state index contributed by atoms with van der Waals surface area (Å²) in [6, 6.07) is 2.33. The van der Waals surface area contributed by atoms with Crippen molar-refractivity contribution in [2.45, 2.75) is 11.3 Å². The van der Waals surface area contributed by atoms with Crippen molar-refractivity contribution in [1.29, 1.82) is 0 Å². The van der Waals surface area contributed by atoms with Crippen molar-refractivity contribution < 1.29 is 32.5 Å². The summed E-state index contributed by atoms with van der Waals surface area (Å²) in [5.74, 6) is -1.39. The Morgan fingerprint density at radius 2 is 1.86 bits per heavy atom. The van der Waals surface area contributed by atoms with E-state index in [9.17, 15) is 18.3 Å². The van der Waals surface area contributed by atoms with Crippen LogP contribution in [0.3, 0.4) is 0 Å². The first-order valence-corrected chi connectivity index (χ1v) is 7.73. The van der Waals surface area contributed by atoms with E-state index in [1.165, 1.54) is 27.4 Å². The van der Waals surface area contributed by atoms with Gasteiger partial charge in [-0.1, -0.05) is 0 Å². The first-order chi connectivity index (χ1) is 9.87. The van der Waals surface area contributed by atoms with Crippen molar-refractivity contribution in [3.63, 3.8) is 0 Å².